The number of hydrogen-bond donors (Lipinski definition) is 3. The summed E-state index contributed by atoms with van der Waals surface area (Å²) in [5.74, 6) is -1.07. The predicted octanol–water partition coefficient (Wildman–Crippen LogP) is 1.32. The number of hydrogen-bond acceptors (Lipinski definition) is 3. The number of benzene rings is 1. The van der Waals surface area contributed by atoms with E-state index in [9.17, 15) is 9.59 Å². The number of nitrogens with two attached hydrogens (primary N) is 1. The maximum absolute atomic E-state index is 11.5. The van der Waals surface area contributed by atoms with Crippen molar-refractivity contribution in [3.63, 3.8) is 0 Å². The molecule has 5 nitrogen and oxygen atoms in total. The van der Waals surface area contributed by atoms with Crippen molar-refractivity contribution in [3.8, 4) is 0 Å². The second-order valence-electron chi connectivity index (χ2n) is 4.25. The highest BCUT2D eigenvalue weighted by Crippen LogP contribution is 2.23. The molecule has 0 radical (unpaired) electrons. The SMILES string of the molecule is CC(=O)c1cccc2c(C[C@H](N)C(=O)O)c[nH]c12. The zero-order chi connectivity index (χ0) is 13.3. The molecule has 0 aliphatic carbocycles. The lowest BCUT2D eigenvalue weighted by molar-refractivity contribution is -0.138. The van der Waals surface area contributed by atoms with E-state index in [4.69, 9.17) is 10.8 Å². The van der Waals surface area contributed by atoms with Gasteiger partial charge in [-0.1, -0.05) is 12.1 Å². The molecule has 94 valence electrons. The number of aromatic amines is 1. The molecule has 5 heteroatoms. The van der Waals surface area contributed by atoms with Crippen molar-refractivity contribution < 1.29 is 14.7 Å². The number of carboxylic acids is 1. The van der Waals surface area contributed by atoms with Gasteiger partial charge in [-0.05, 0) is 18.6 Å². The van der Waals surface area contributed by atoms with Gasteiger partial charge in [-0.25, -0.2) is 0 Å². The lowest BCUT2D eigenvalue weighted by atomic mass is 10.0. The van der Waals surface area contributed by atoms with Crippen molar-refractivity contribution in [1.82, 2.24) is 4.98 Å². The molecule has 1 aromatic carbocycles. The Morgan fingerprint density at radius 3 is 2.78 bits per heavy atom. The number of Topliss-reactive ketones (excluding diaryl/α,β-unsaturated/α-hetero) is 1. The van der Waals surface area contributed by atoms with Crippen LogP contribution in [0.5, 0.6) is 0 Å². The van der Waals surface area contributed by atoms with E-state index in [1.54, 1.807) is 18.3 Å². The minimum Gasteiger partial charge on any atom is -0.480 e. The smallest absolute Gasteiger partial charge is 0.320 e. The number of H-pyrrole nitrogens is 1. The first-order chi connectivity index (χ1) is 8.50. The molecule has 4 N–H and O–H groups in total. The van der Waals surface area contributed by atoms with Crippen LogP contribution in [0.4, 0.5) is 0 Å². The number of carboxylic acid groups (broad SMARTS) is 1. The van der Waals surface area contributed by atoms with E-state index in [2.05, 4.69) is 4.98 Å². The summed E-state index contributed by atoms with van der Waals surface area (Å²) in [6.07, 6.45) is 1.94. The van der Waals surface area contributed by atoms with Crippen LogP contribution in [-0.2, 0) is 11.2 Å². The number of nitrogens with one attached hydrogen (secondary N) is 1. The van der Waals surface area contributed by atoms with Gasteiger partial charge in [0.1, 0.15) is 6.04 Å². The van der Waals surface area contributed by atoms with E-state index in [0.717, 1.165) is 16.5 Å². The number of aliphatic carboxylic acids is 1. The molecule has 0 bridgehead atoms. The van der Waals surface area contributed by atoms with Crippen molar-refractivity contribution in [2.24, 2.45) is 5.73 Å². The van der Waals surface area contributed by atoms with E-state index in [1.807, 2.05) is 6.07 Å². The number of carbonyl (C=O) groups is 2. The minimum absolute atomic E-state index is 0.0310. The van der Waals surface area contributed by atoms with Gasteiger partial charge in [0, 0.05) is 23.6 Å². The van der Waals surface area contributed by atoms with Crippen molar-refractivity contribution >= 4 is 22.7 Å². The lowest BCUT2D eigenvalue weighted by Crippen LogP contribution is -2.32. The van der Waals surface area contributed by atoms with Crippen LogP contribution in [0.15, 0.2) is 24.4 Å². The lowest BCUT2D eigenvalue weighted by Gasteiger charge is -2.05. The number of aromatic nitrogens is 1. The first-order valence-corrected chi connectivity index (χ1v) is 5.59. The normalized spacial score (nSPS) is 12.6. The van der Waals surface area contributed by atoms with Crippen LogP contribution in [0.1, 0.15) is 22.8 Å². The fraction of sp³-hybridized carbons (Fsp3) is 0.231. The Labute approximate surface area is 104 Å². The zero-order valence-corrected chi connectivity index (χ0v) is 9.93. The van der Waals surface area contributed by atoms with Crippen molar-refractivity contribution in [1.29, 1.82) is 0 Å². The molecular weight excluding hydrogens is 232 g/mol. The molecular formula is C13H14N2O3. The van der Waals surface area contributed by atoms with Crippen LogP contribution >= 0.6 is 0 Å². The molecule has 0 fully saturated rings. The molecule has 18 heavy (non-hydrogen) atoms. The Morgan fingerprint density at radius 2 is 2.17 bits per heavy atom. The molecule has 0 aliphatic rings. The summed E-state index contributed by atoms with van der Waals surface area (Å²) in [5.41, 5.74) is 7.66. The van der Waals surface area contributed by atoms with Gasteiger partial charge < -0.3 is 15.8 Å². The van der Waals surface area contributed by atoms with Gasteiger partial charge in [-0.3, -0.25) is 9.59 Å². The molecule has 0 aliphatic heterocycles. The van der Waals surface area contributed by atoms with Crippen molar-refractivity contribution in [2.75, 3.05) is 0 Å². The maximum atomic E-state index is 11.5. The first-order valence-electron chi connectivity index (χ1n) is 5.59. The Kier molecular flexibility index (Phi) is 3.16. The predicted molar refractivity (Wildman–Crippen MR) is 67.6 cm³/mol. The molecule has 2 aromatic rings. The Morgan fingerprint density at radius 1 is 1.44 bits per heavy atom. The second-order valence-corrected chi connectivity index (χ2v) is 4.25. The molecule has 0 amide bonds. The van der Waals surface area contributed by atoms with E-state index in [0.29, 0.717) is 5.56 Å². The highest BCUT2D eigenvalue weighted by molar-refractivity contribution is 6.06. The van der Waals surface area contributed by atoms with E-state index in [1.165, 1.54) is 6.92 Å². The van der Waals surface area contributed by atoms with E-state index >= 15 is 0 Å². The molecule has 1 heterocycles. The highest BCUT2D eigenvalue weighted by atomic mass is 16.4. The van der Waals surface area contributed by atoms with Crippen LogP contribution in [0, 0.1) is 0 Å². The van der Waals surface area contributed by atoms with Crippen molar-refractivity contribution in [3.05, 3.63) is 35.5 Å². The van der Waals surface area contributed by atoms with Gasteiger partial charge in [0.25, 0.3) is 0 Å². The highest BCUT2D eigenvalue weighted by Gasteiger charge is 2.16. The molecule has 0 saturated heterocycles. The largest absolute Gasteiger partial charge is 0.480 e. The molecule has 1 atom stereocenters. The number of carbonyl (C=O) groups excluding carboxylic acids is 1. The van der Waals surface area contributed by atoms with Crippen LogP contribution in [0.2, 0.25) is 0 Å². The average Bonchev–Trinajstić information content (AvgIpc) is 2.72. The first kappa shape index (κ1) is 12.3. The van der Waals surface area contributed by atoms with Gasteiger partial charge >= 0.3 is 5.97 Å². The van der Waals surface area contributed by atoms with Crippen LogP contribution in [0.25, 0.3) is 10.9 Å². The summed E-state index contributed by atoms with van der Waals surface area (Å²) in [6.45, 7) is 1.50. The molecule has 0 unspecified atom stereocenters. The zero-order valence-electron chi connectivity index (χ0n) is 9.93. The fourth-order valence-corrected chi connectivity index (χ4v) is 2.00. The quantitative estimate of drug-likeness (QED) is 0.709. The summed E-state index contributed by atoms with van der Waals surface area (Å²) in [5, 5.41) is 9.65. The summed E-state index contributed by atoms with van der Waals surface area (Å²) in [6, 6.07) is 4.43. The van der Waals surface area contributed by atoms with Crippen molar-refractivity contribution in [2.45, 2.75) is 19.4 Å². The monoisotopic (exact) mass is 246 g/mol. The number of ketones is 1. The number of fused-ring (bicyclic) bond motifs is 1. The van der Waals surface area contributed by atoms with E-state index in [-0.39, 0.29) is 12.2 Å². The molecule has 0 saturated carbocycles. The molecule has 2 rings (SSSR count). The third-order valence-electron chi connectivity index (χ3n) is 2.94. The summed E-state index contributed by atoms with van der Waals surface area (Å²) >= 11 is 0. The van der Waals surface area contributed by atoms with E-state index < -0.39 is 12.0 Å². The van der Waals surface area contributed by atoms with Gasteiger partial charge in [-0.15, -0.1) is 0 Å². The number of rotatable bonds is 4. The Balaban J connectivity index is 2.46. The van der Waals surface area contributed by atoms with Gasteiger partial charge in [-0.2, -0.15) is 0 Å². The van der Waals surface area contributed by atoms with Gasteiger partial charge in [0.15, 0.2) is 5.78 Å². The van der Waals surface area contributed by atoms with Crippen LogP contribution < -0.4 is 5.73 Å². The third kappa shape index (κ3) is 2.12. The average molecular weight is 246 g/mol. The summed E-state index contributed by atoms with van der Waals surface area (Å²) in [7, 11) is 0. The topological polar surface area (TPSA) is 96.2 Å². The Bertz CT molecular complexity index is 616. The summed E-state index contributed by atoms with van der Waals surface area (Å²) < 4.78 is 0. The fourth-order valence-electron chi connectivity index (χ4n) is 2.00. The van der Waals surface area contributed by atoms with Crippen LogP contribution in [-0.4, -0.2) is 27.9 Å². The second kappa shape index (κ2) is 4.62. The molecule has 1 aromatic heterocycles. The molecule has 0 spiro atoms. The summed E-state index contributed by atoms with van der Waals surface area (Å²) in [4.78, 5) is 25.2. The maximum Gasteiger partial charge on any atom is 0.320 e. The standard InChI is InChI=1S/C13H14N2O3/c1-7(16)9-3-2-4-10-8(6-15-12(9)10)5-11(14)13(17)18/h2-4,6,11,15H,5,14H2,1H3,(H,17,18)/t11-/m0/s1. The van der Waals surface area contributed by atoms with Crippen LogP contribution in [0.3, 0.4) is 0 Å². The number of para-hydroxylation sites is 1. The Hall–Kier alpha value is -2.14. The third-order valence-corrected chi connectivity index (χ3v) is 2.94. The minimum atomic E-state index is -1.04. The van der Waals surface area contributed by atoms with Gasteiger partial charge in [0.2, 0.25) is 0 Å². The van der Waals surface area contributed by atoms with Gasteiger partial charge in [0.05, 0.1) is 5.52 Å².